The van der Waals surface area contributed by atoms with Gasteiger partial charge in [0.25, 0.3) is 0 Å². The minimum atomic E-state index is -1.24. The third-order valence-electron chi connectivity index (χ3n) is 5.10. The lowest BCUT2D eigenvalue weighted by Gasteiger charge is -2.18. The highest BCUT2D eigenvalue weighted by Gasteiger charge is 2.31. The van der Waals surface area contributed by atoms with Crippen LogP contribution < -0.4 is 0 Å². The van der Waals surface area contributed by atoms with Crippen LogP contribution in [0.1, 0.15) is 27.3 Å². The molecule has 2 aromatic carbocycles. The number of benzene rings is 2. The van der Waals surface area contributed by atoms with Crippen molar-refractivity contribution in [2.24, 2.45) is 0 Å². The third-order valence-corrected chi connectivity index (χ3v) is 5.64. The number of amides is 1. The van der Waals surface area contributed by atoms with E-state index in [1.807, 2.05) is 0 Å². The lowest BCUT2D eigenvalue weighted by Crippen LogP contribution is -2.31. The molecule has 7 nitrogen and oxygen atoms in total. The fourth-order valence-electron chi connectivity index (χ4n) is 3.66. The van der Waals surface area contributed by atoms with Crippen LogP contribution in [0.4, 0.5) is 9.18 Å². The number of fused-ring (bicyclic) bond motifs is 1. The zero-order chi connectivity index (χ0) is 23.0. The van der Waals surface area contributed by atoms with Gasteiger partial charge in [-0.2, -0.15) is 5.10 Å². The van der Waals surface area contributed by atoms with Crippen LogP contribution in [-0.4, -0.2) is 50.0 Å². The van der Waals surface area contributed by atoms with Crippen LogP contribution in [0.5, 0.6) is 0 Å². The van der Waals surface area contributed by atoms with Gasteiger partial charge in [0.05, 0.1) is 22.9 Å². The van der Waals surface area contributed by atoms with Crippen molar-refractivity contribution in [2.75, 3.05) is 13.1 Å². The Bertz CT molecular complexity index is 1250. The molecule has 0 spiro atoms. The van der Waals surface area contributed by atoms with Gasteiger partial charge in [-0.1, -0.05) is 35.3 Å². The molecule has 0 saturated carbocycles. The molecule has 0 atom stereocenters. The minimum absolute atomic E-state index is 0.0182. The Morgan fingerprint density at radius 1 is 1.09 bits per heavy atom. The summed E-state index contributed by atoms with van der Waals surface area (Å²) in [4.78, 5) is 24.9. The van der Waals surface area contributed by atoms with E-state index in [0.717, 1.165) is 0 Å². The second kappa shape index (κ2) is 8.64. The standard InChI is InChI=1S/C22H16Cl2FN3O4/c23-14-3-6-18(17(24)10-14)28-20-13(9-12-1-4-15(25)5-2-12)11-27(22(31)32)8-7-16(20)19(26-28)21(29)30/h1-6,9-10H,7-8,11H2,(H,29,30)(H,31,32)/b13-9+. The number of hydrogen-bond acceptors (Lipinski definition) is 3. The van der Waals surface area contributed by atoms with Crippen LogP contribution in [0, 0.1) is 5.82 Å². The molecule has 1 amide bonds. The van der Waals surface area contributed by atoms with Crippen LogP contribution in [0.2, 0.25) is 10.0 Å². The lowest BCUT2D eigenvalue weighted by molar-refractivity contribution is 0.0688. The summed E-state index contributed by atoms with van der Waals surface area (Å²) in [5.41, 5.74) is 2.14. The summed E-state index contributed by atoms with van der Waals surface area (Å²) in [5.74, 6) is -1.65. The first-order valence-corrected chi connectivity index (χ1v) is 10.2. The molecule has 1 aliphatic rings. The number of nitrogens with zero attached hydrogens (tertiary/aromatic N) is 3. The van der Waals surface area contributed by atoms with Crippen LogP contribution >= 0.6 is 23.2 Å². The largest absolute Gasteiger partial charge is 0.476 e. The predicted molar refractivity (Wildman–Crippen MR) is 118 cm³/mol. The molecule has 2 N–H and O–H groups in total. The molecule has 0 aliphatic carbocycles. The first-order valence-electron chi connectivity index (χ1n) is 9.49. The molecule has 0 unspecified atom stereocenters. The number of aromatic nitrogens is 2. The number of carbonyl (C=O) groups is 2. The van der Waals surface area contributed by atoms with E-state index >= 15 is 0 Å². The molecule has 0 fully saturated rings. The Morgan fingerprint density at radius 2 is 1.81 bits per heavy atom. The second-order valence-corrected chi connectivity index (χ2v) is 8.01. The van der Waals surface area contributed by atoms with Gasteiger partial charge in [-0.25, -0.2) is 18.7 Å². The van der Waals surface area contributed by atoms with Crippen molar-refractivity contribution in [3.8, 4) is 5.69 Å². The molecular formula is C22H16Cl2FN3O4. The van der Waals surface area contributed by atoms with E-state index < -0.39 is 17.9 Å². The SMILES string of the molecule is O=C(O)c1nn(-c2ccc(Cl)cc2Cl)c2c1CCN(C(=O)O)C/C2=C\c1ccc(F)cc1. The van der Waals surface area contributed by atoms with Crippen LogP contribution in [0.3, 0.4) is 0 Å². The Morgan fingerprint density at radius 3 is 2.44 bits per heavy atom. The Balaban J connectivity index is 1.99. The van der Waals surface area contributed by atoms with Gasteiger partial charge < -0.3 is 15.1 Å². The Kier molecular flexibility index (Phi) is 5.90. The van der Waals surface area contributed by atoms with Crippen LogP contribution in [0.25, 0.3) is 17.3 Å². The van der Waals surface area contributed by atoms with Gasteiger partial charge in [-0.15, -0.1) is 0 Å². The molecule has 0 bridgehead atoms. The van der Waals surface area contributed by atoms with Gasteiger partial charge in [0.15, 0.2) is 5.69 Å². The van der Waals surface area contributed by atoms with Gasteiger partial charge in [0, 0.05) is 17.1 Å². The first kappa shape index (κ1) is 21.9. The third kappa shape index (κ3) is 4.19. The predicted octanol–water partition coefficient (Wildman–Crippen LogP) is 5.09. The van der Waals surface area contributed by atoms with Crippen molar-refractivity contribution in [2.45, 2.75) is 6.42 Å². The molecule has 0 radical (unpaired) electrons. The number of carboxylic acids is 1. The molecule has 0 saturated heterocycles. The van der Waals surface area contributed by atoms with Crippen molar-refractivity contribution >= 4 is 46.9 Å². The van der Waals surface area contributed by atoms with Crippen molar-refractivity contribution in [1.29, 1.82) is 0 Å². The zero-order valence-corrected chi connectivity index (χ0v) is 17.9. The Hall–Kier alpha value is -3.36. The normalized spacial score (nSPS) is 14.8. The van der Waals surface area contributed by atoms with Gasteiger partial charge in [-0.05, 0) is 54.0 Å². The molecule has 32 heavy (non-hydrogen) atoms. The fraction of sp³-hybridized carbons (Fsp3) is 0.136. The summed E-state index contributed by atoms with van der Waals surface area (Å²) in [5, 5.41) is 24.3. The number of halogens is 3. The molecular weight excluding hydrogens is 460 g/mol. The summed E-state index contributed by atoms with van der Waals surface area (Å²) in [6.45, 7) is 0.0685. The first-order chi connectivity index (χ1) is 15.2. The van der Waals surface area contributed by atoms with E-state index in [-0.39, 0.29) is 30.2 Å². The topological polar surface area (TPSA) is 95.7 Å². The summed E-state index contributed by atoms with van der Waals surface area (Å²) < 4.78 is 14.8. The summed E-state index contributed by atoms with van der Waals surface area (Å²) in [7, 11) is 0. The second-order valence-electron chi connectivity index (χ2n) is 7.16. The van der Waals surface area contributed by atoms with Crippen molar-refractivity contribution < 1.29 is 24.2 Å². The van der Waals surface area contributed by atoms with Crippen molar-refractivity contribution in [3.63, 3.8) is 0 Å². The van der Waals surface area contributed by atoms with E-state index in [0.29, 0.717) is 33.1 Å². The summed E-state index contributed by atoms with van der Waals surface area (Å²) in [6.07, 6.45) is 0.698. The van der Waals surface area contributed by atoms with Gasteiger partial charge >= 0.3 is 12.1 Å². The smallest absolute Gasteiger partial charge is 0.407 e. The fourth-order valence-corrected chi connectivity index (χ4v) is 4.15. The lowest BCUT2D eigenvalue weighted by atomic mass is 10.0. The maximum absolute atomic E-state index is 13.4. The van der Waals surface area contributed by atoms with Gasteiger partial charge in [-0.3, -0.25) is 0 Å². The molecule has 1 aliphatic heterocycles. The molecule has 2 heterocycles. The van der Waals surface area contributed by atoms with Crippen molar-refractivity contribution in [1.82, 2.24) is 14.7 Å². The molecule has 1 aromatic heterocycles. The highest BCUT2D eigenvalue weighted by molar-refractivity contribution is 6.35. The average molecular weight is 476 g/mol. The van der Waals surface area contributed by atoms with E-state index in [9.17, 15) is 24.2 Å². The molecule has 164 valence electrons. The summed E-state index contributed by atoms with van der Waals surface area (Å²) >= 11 is 12.4. The monoisotopic (exact) mass is 475 g/mol. The van der Waals surface area contributed by atoms with Crippen LogP contribution in [0.15, 0.2) is 42.5 Å². The van der Waals surface area contributed by atoms with E-state index in [1.165, 1.54) is 27.8 Å². The number of rotatable bonds is 3. The quantitative estimate of drug-likeness (QED) is 0.549. The molecule has 4 rings (SSSR count). The van der Waals surface area contributed by atoms with E-state index in [4.69, 9.17) is 23.2 Å². The maximum atomic E-state index is 13.4. The number of carboxylic acid groups (broad SMARTS) is 2. The van der Waals surface area contributed by atoms with Gasteiger partial charge in [0.2, 0.25) is 0 Å². The molecule has 3 aromatic rings. The number of aromatic carboxylic acids is 1. The summed E-state index contributed by atoms with van der Waals surface area (Å²) in [6, 6.07) is 10.4. The average Bonchev–Trinajstić information content (AvgIpc) is 3.00. The highest BCUT2D eigenvalue weighted by atomic mass is 35.5. The molecule has 10 heteroatoms. The van der Waals surface area contributed by atoms with Crippen molar-refractivity contribution in [3.05, 3.63) is 80.8 Å². The maximum Gasteiger partial charge on any atom is 0.407 e. The Labute approximate surface area is 191 Å². The minimum Gasteiger partial charge on any atom is -0.476 e. The van der Waals surface area contributed by atoms with E-state index in [2.05, 4.69) is 5.10 Å². The van der Waals surface area contributed by atoms with Gasteiger partial charge in [0.1, 0.15) is 5.82 Å². The van der Waals surface area contributed by atoms with Crippen LogP contribution in [-0.2, 0) is 6.42 Å². The van der Waals surface area contributed by atoms with E-state index in [1.54, 1.807) is 30.3 Å². The highest BCUT2D eigenvalue weighted by Crippen LogP contribution is 2.34. The zero-order valence-electron chi connectivity index (χ0n) is 16.4. The number of hydrogen-bond donors (Lipinski definition) is 2.